The van der Waals surface area contributed by atoms with E-state index < -0.39 is 0 Å². The molecule has 4 nitrogen and oxygen atoms in total. The van der Waals surface area contributed by atoms with E-state index in [1.165, 1.54) is 18.2 Å². The summed E-state index contributed by atoms with van der Waals surface area (Å²) >= 11 is 0. The van der Waals surface area contributed by atoms with Crippen molar-refractivity contribution in [3.05, 3.63) is 34.9 Å². The number of benzene rings is 1. The van der Waals surface area contributed by atoms with E-state index in [0.717, 1.165) is 32.4 Å². The van der Waals surface area contributed by atoms with E-state index in [2.05, 4.69) is 0 Å². The highest BCUT2D eigenvalue weighted by Crippen LogP contribution is 2.44. The number of esters is 1. The Balaban J connectivity index is 1.82. The van der Waals surface area contributed by atoms with E-state index in [-0.39, 0.29) is 17.3 Å². The molecule has 0 aromatic heterocycles. The fraction of sp³-hybridized carbons (Fsp3) is 0.500. The molecule has 1 spiro atoms. The number of likely N-dealkylation sites (tertiary alicyclic amines) is 1. The Labute approximate surface area is 118 Å². The molecule has 0 radical (unpaired) electrons. The van der Waals surface area contributed by atoms with Crippen LogP contribution >= 0.6 is 0 Å². The van der Waals surface area contributed by atoms with Gasteiger partial charge in [-0.3, -0.25) is 4.79 Å². The third kappa shape index (κ3) is 2.09. The van der Waals surface area contributed by atoms with Crippen molar-refractivity contribution in [3.63, 3.8) is 0 Å². The summed E-state index contributed by atoms with van der Waals surface area (Å²) in [6.07, 6.45) is 3.01. The Kier molecular flexibility index (Phi) is 3.04. The number of carbonyl (C=O) groups excluding carboxylic acids is 2. The average molecular weight is 273 g/mol. The maximum Gasteiger partial charge on any atom is 0.337 e. The van der Waals surface area contributed by atoms with E-state index >= 15 is 0 Å². The van der Waals surface area contributed by atoms with Gasteiger partial charge in [-0.05, 0) is 47.9 Å². The first-order valence-electron chi connectivity index (χ1n) is 6.99. The van der Waals surface area contributed by atoms with E-state index in [4.69, 9.17) is 4.74 Å². The normalized spacial score (nSPS) is 24.0. The van der Waals surface area contributed by atoms with Gasteiger partial charge in [-0.2, -0.15) is 0 Å². The molecule has 1 atom stereocenters. The van der Waals surface area contributed by atoms with Crippen molar-refractivity contribution >= 4 is 11.9 Å². The largest absolute Gasteiger partial charge is 0.465 e. The van der Waals surface area contributed by atoms with Gasteiger partial charge in [0, 0.05) is 20.0 Å². The van der Waals surface area contributed by atoms with Crippen LogP contribution in [0.2, 0.25) is 0 Å². The average Bonchev–Trinajstić information content (AvgIpc) is 3.00. The highest BCUT2D eigenvalue weighted by atomic mass is 16.5. The molecule has 1 aromatic carbocycles. The Bertz CT molecular complexity index is 581. The van der Waals surface area contributed by atoms with Crippen LogP contribution in [0.5, 0.6) is 0 Å². The molecule has 1 aromatic rings. The van der Waals surface area contributed by atoms with Gasteiger partial charge in [0.1, 0.15) is 0 Å². The molecule has 1 fully saturated rings. The Morgan fingerprint density at radius 2 is 2.00 bits per heavy atom. The number of hydrogen-bond acceptors (Lipinski definition) is 3. The quantitative estimate of drug-likeness (QED) is 0.733. The first kappa shape index (κ1) is 13.2. The molecule has 20 heavy (non-hydrogen) atoms. The maximum absolute atomic E-state index is 11.6. The van der Waals surface area contributed by atoms with E-state index in [0.29, 0.717) is 5.56 Å². The molecular weight excluding hydrogens is 254 g/mol. The van der Waals surface area contributed by atoms with Crippen molar-refractivity contribution in [1.82, 2.24) is 4.90 Å². The van der Waals surface area contributed by atoms with E-state index in [1.54, 1.807) is 6.92 Å². The first-order chi connectivity index (χ1) is 9.53. The third-order valence-electron chi connectivity index (χ3n) is 4.64. The van der Waals surface area contributed by atoms with Gasteiger partial charge in [0.25, 0.3) is 0 Å². The fourth-order valence-electron chi connectivity index (χ4n) is 3.57. The highest BCUT2D eigenvalue weighted by molar-refractivity contribution is 5.89. The molecule has 1 aliphatic heterocycles. The van der Waals surface area contributed by atoms with Gasteiger partial charge < -0.3 is 9.64 Å². The van der Waals surface area contributed by atoms with Crippen LogP contribution in [0.15, 0.2) is 18.2 Å². The van der Waals surface area contributed by atoms with Crippen LogP contribution in [0, 0.1) is 5.41 Å². The topological polar surface area (TPSA) is 46.6 Å². The van der Waals surface area contributed by atoms with Crippen LogP contribution in [-0.4, -0.2) is 37.0 Å². The second-order valence-corrected chi connectivity index (χ2v) is 6.02. The van der Waals surface area contributed by atoms with Crippen molar-refractivity contribution in [2.45, 2.75) is 26.2 Å². The molecule has 1 amide bonds. The number of methoxy groups -OCH3 is 1. The minimum Gasteiger partial charge on any atom is -0.465 e. The highest BCUT2D eigenvalue weighted by Gasteiger charge is 2.43. The molecule has 1 heterocycles. The van der Waals surface area contributed by atoms with Gasteiger partial charge in [0.2, 0.25) is 5.91 Å². The Morgan fingerprint density at radius 3 is 2.65 bits per heavy atom. The lowest BCUT2D eigenvalue weighted by Gasteiger charge is -2.23. The molecule has 2 aliphatic rings. The molecule has 0 saturated carbocycles. The number of amides is 1. The van der Waals surface area contributed by atoms with Crippen LogP contribution in [-0.2, 0) is 22.4 Å². The van der Waals surface area contributed by atoms with E-state index in [9.17, 15) is 9.59 Å². The molecule has 0 unspecified atom stereocenters. The monoisotopic (exact) mass is 273 g/mol. The van der Waals surface area contributed by atoms with Crippen molar-refractivity contribution in [2.75, 3.05) is 20.2 Å². The van der Waals surface area contributed by atoms with Crippen LogP contribution < -0.4 is 0 Å². The van der Waals surface area contributed by atoms with Crippen LogP contribution in [0.4, 0.5) is 0 Å². The second-order valence-electron chi connectivity index (χ2n) is 6.02. The summed E-state index contributed by atoms with van der Waals surface area (Å²) in [5.41, 5.74) is 3.34. The molecule has 0 bridgehead atoms. The summed E-state index contributed by atoms with van der Waals surface area (Å²) in [6.45, 7) is 3.33. The minimum atomic E-state index is -0.287. The lowest BCUT2D eigenvalue weighted by molar-refractivity contribution is -0.128. The molecule has 106 valence electrons. The zero-order valence-electron chi connectivity index (χ0n) is 11.9. The van der Waals surface area contributed by atoms with Crippen molar-refractivity contribution in [2.24, 2.45) is 5.41 Å². The summed E-state index contributed by atoms with van der Waals surface area (Å²) in [4.78, 5) is 25.0. The number of nitrogens with zero attached hydrogens (tertiary/aromatic N) is 1. The second kappa shape index (κ2) is 4.62. The number of rotatable bonds is 1. The lowest BCUT2D eigenvalue weighted by atomic mass is 9.84. The lowest BCUT2D eigenvalue weighted by Crippen LogP contribution is -2.30. The van der Waals surface area contributed by atoms with Gasteiger partial charge in [-0.25, -0.2) is 4.79 Å². The van der Waals surface area contributed by atoms with Gasteiger partial charge in [-0.15, -0.1) is 0 Å². The summed E-state index contributed by atoms with van der Waals surface area (Å²) in [6, 6.07) is 5.82. The molecule has 3 rings (SSSR count). The standard InChI is InChI=1S/C16H19NO3/c1-11(18)17-6-5-16(10-17)8-13-4-3-12(15(19)20-2)7-14(13)9-16/h3-4,7H,5-6,8-10H2,1-2H3/t16-/m0/s1. The fourth-order valence-corrected chi connectivity index (χ4v) is 3.57. The predicted molar refractivity (Wildman–Crippen MR) is 74.5 cm³/mol. The zero-order chi connectivity index (χ0) is 14.3. The smallest absolute Gasteiger partial charge is 0.337 e. The number of hydrogen-bond donors (Lipinski definition) is 0. The molecule has 0 N–H and O–H groups in total. The van der Waals surface area contributed by atoms with Gasteiger partial charge in [0.05, 0.1) is 12.7 Å². The summed E-state index contributed by atoms with van der Waals surface area (Å²) in [7, 11) is 1.40. The minimum absolute atomic E-state index is 0.160. The van der Waals surface area contributed by atoms with Crippen molar-refractivity contribution in [3.8, 4) is 0 Å². The summed E-state index contributed by atoms with van der Waals surface area (Å²) in [5, 5.41) is 0. The number of fused-ring (bicyclic) bond motifs is 1. The number of carbonyl (C=O) groups is 2. The zero-order valence-corrected chi connectivity index (χ0v) is 11.9. The van der Waals surface area contributed by atoms with Crippen molar-refractivity contribution in [1.29, 1.82) is 0 Å². The van der Waals surface area contributed by atoms with E-state index in [1.807, 2.05) is 23.1 Å². The Hall–Kier alpha value is -1.84. The summed E-state index contributed by atoms with van der Waals surface area (Å²) < 4.78 is 4.77. The molecule has 1 aliphatic carbocycles. The first-order valence-corrected chi connectivity index (χ1v) is 6.99. The van der Waals surface area contributed by atoms with Crippen LogP contribution in [0.1, 0.15) is 34.8 Å². The van der Waals surface area contributed by atoms with Crippen LogP contribution in [0.3, 0.4) is 0 Å². The maximum atomic E-state index is 11.6. The molecular formula is C16H19NO3. The van der Waals surface area contributed by atoms with Gasteiger partial charge in [0.15, 0.2) is 0 Å². The predicted octanol–water partition coefficient (Wildman–Crippen LogP) is 1.81. The molecule has 1 saturated heterocycles. The van der Waals surface area contributed by atoms with Gasteiger partial charge in [-0.1, -0.05) is 6.07 Å². The van der Waals surface area contributed by atoms with Gasteiger partial charge >= 0.3 is 5.97 Å². The van der Waals surface area contributed by atoms with Crippen molar-refractivity contribution < 1.29 is 14.3 Å². The number of ether oxygens (including phenoxy) is 1. The van der Waals surface area contributed by atoms with Crippen LogP contribution in [0.25, 0.3) is 0 Å². The molecule has 4 heteroatoms. The Morgan fingerprint density at radius 1 is 1.25 bits per heavy atom. The summed E-state index contributed by atoms with van der Waals surface area (Å²) in [5.74, 6) is -0.126. The SMILES string of the molecule is COC(=O)c1ccc2c(c1)C[C@]1(CCN(C(C)=O)C1)C2. The third-order valence-corrected chi connectivity index (χ3v) is 4.64.